The lowest BCUT2D eigenvalue weighted by atomic mass is 10.1. The van der Waals surface area contributed by atoms with E-state index in [1.54, 1.807) is 0 Å². The van der Waals surface area contributed by atoms with Gasteiger partial charge in [0.1, 0.15) is 11.4 Å². The summed E-state index contributed by atoms with van der Waals surface area (Å²) in [7, 11) is 0. The highest BCUT2D eigenvalue weighted by Crippen LogP contribution is 2.34. The third-order valence-electron chi connectivity index (χ3n) is 3.64. The maximum absolute atomic E-state index is 13.9. The molecule has 0 aliphatic carbocycles. The molecule has 0 spiro atoms. The molecule has 3 rings (SSSR count). The number of halogens is 5. The van der Waals surface area contributed by atoms with Gasteiger partial charge in [-0.05, 0) is 30.7 Å². The first-order valence-electron chi connectivity index (χ1n) is 7.14. The molecule has 1 N–H and O–H groups in total. The average Bonchev–Trinajstić information content (AvgIpc) is 2.87. The maximum atomic E-state index is 13.9. The van der Waals surface area contributed by atoms with Crippen LogP contribution < -0.4 is 5.01 Å². The normalized spacial score (nSPS) is 15.8. The van der Waals surface area contributed by atoms with Crippen molar-refractivity contribution < 1.29 is 31.9 Å². The first kappa shape index (κ1) is 17.6. The second-order valence-electron chi connectivity index (χ2n) is 5.37. The molecule has 2 aromatic rings. The number of aromatic hydroxyl groups is 1. The van der Waals surface area contributed by atoms with Gasteiger partial charge in [-0.25, -0.2) is 22.0 Å². The number of hydrogen-bond acceptors (Lipinski definition) is 3. The fraction of sp³-hybridized carbons (Fsp3) is 0.0588. The van der Waals surface area contributed by atoms with Gasteiger partial charge in [0, 0.05) is 0 Å². The quantitative estimate of drug-likeness (QED) is 0.378. The molecule has 1 aliphatic heterocycles. The second kappa shape index (κ2) is 6.25. The minimum atomic E-state index is -2.33. The molecule has 9 heteroatoms. The summed E-state index contributed by atoms with van der Waals surface area (Å²) in [5.74, 6) is -12.2. The van der Waals surface area contributed by atoms with E-state index in [-0.39, 0.29) is 22.0 Å². The molecule has 1 heterocycles. The third kappa shape index (κ3) is 2.71. The lowest BCUT2D eigenvalue weighted by Crippen LogP contribution is -2.25. The predicted octanol–water partition coefficient (Wildman–Crippen LogP) is 3.89. The third-order valence-corrected chi connectivity index (χ3v) is 3.64. The van der Waals surface area contributed by atoms with Gasteiger partial charge < -0.3 is 5.11 Å². The Balaban J connectivity index is 2.10. The summed E-state index contributed by atoms with van der Waals surface area (Å²) in [6.45, 7) is 1.33. The molecule has 1 aliphatic rings. The topological polar surface area (TPSA) is 52.9 Å². The Kier molecular flexibility index (Phi) is 4.23. The van der Waals surface area contributed by atoms with Crippen LogP contribution in [0.3, 0.4) is 0 Å². The second-order valence-corrected chi connectivity index (χ2v) is 5.37. The highest BCUT2D eigenvalue weighted by Gasteiger charge is 2.36. The van der Waals surface area contributed by atoms with Crippen LogP contribution in [0, 0.1) is 29.1 Å². The summed E-state index contributed by atoms with van der Waals surface area (Å²) < 4.78 is 67.8. The average molecular weight is 368 g/mol. The van der Waals surface area contributed by atoms with E-state index in [2.05, 4.69) is 5.10 Å². The molecule has 4 nitrogen and oxygen atoms in total. The molecule has 2 aromatic carbocycles. The molecule has 0 radical (unpaired) electrons. The van der Waals surface area contributed by atoms with Gasteiger partial charge in [0.25, 0.3) is 5.91 Å². The van der Waals surface area contributed by atoms with Gasteiger partial charge in [0.2, 0.25) is 5.82 Å². The number of hydrazone groups is 1. The summed E-state index contributed by atoms with van der Waals surface area (Å²) in [4.78, 5) is 12.4. The van der Waals surface area contributed by atoms with E-state index in [1.807, 2.05) is 0 Å². The van der Waals surface area contributed by atoms with Gasteiger partial charge in [0.05, 0.1) is 11.3 Å². The molecule has 0 aromatic heterocycles. The summed E-state index contributed by atoms with van der Waals surface area (Å²) in [5, 5.41) is 13.2. The van der Waals surface area contributed by atoms with Crippen molar-refractivity contribution in [3.63, 3.8) is 0 Å². The number of phenols is 1. The van der Waals surface area contributed by atoms with Crippen LogP contribution in [0.4, 0.5) is 27.6 Å². The number of nitrogens with zero attached hydrogens (tertiary/aromatic N) is 2. The van der Waals surface area contributed by atoms with Gasteiger partial charge in [-0.1, -0.05) is 12.1 Å². The Bertz CT molecular complexity index is 972. The fourth-order valence-electron chi connectivity index (χ4n) is 2.40. The van der Waals surface area contributed by atoms with Crippen LogP contribution in [0.5, 0.6) is 5.75 Å². The van der Waals surface area contributed by atoms with Crippen LogP contribution >= 0.6 is 0 Å². The molecule has 134 valence electrons. The van der Waals surface area contributed by atoms with Crippen LogP contribution in [-0.4, -0.2) is 16.7 Å². The van der Waals surface area contributed by atoms with E-state index < -0.39 is 40.7 Å². The van der Waals surface area contributed by atoms with Gasteiger partial charge in [-0.3, -0.25) is 4.79 Å². The van der Waals surface area contributed by atoms with Crippen molar-refractivity contribution in [1.29, 1.82) is 0 Å². The van der Waals surface area contributed by atoms with Crippen molar-refractivity contribution in [2.75, 3.05) is 5.01 Å². The van der Waals surface area contributed by atoms with E-state index in [0.29, 0.717) is 5.56 Å². The molecule has 0 atom stereocenters. The van der Waals surface area contributed by atoms with E-state index in [0.717, 1.165) is 0 Å². The number of rotatable bonds is 2. The van der Waals surface area contributed by atoms with Crippen LogP contribution in [0.25, 0.3) is 6.08 Å². The molecule has 0 bridgehead atoms. The Morgan fingerprint density at radius 1 is 1.00 bits per heavy atom. The van der Waals surface area contributed by atoms with Gasteiger partial charge in [0.15, 0.2) is 23.3 Å². The Morgan fingerprint density at radius 3 is 2.15 bits per heavy atom. The summed E-state index contributed by atoms with van der Waals surface area (Å²) >= 11 is 0. The van der Waals surface area contributed by atoms with Gasteiger partial charge in [-0.15, -0.1) is 0 Å². The first-order valence-corrected chi connectivity index (χ1v) is 7.14. The number of benzene rings is 2. The summed E-state index contributed by atoms with van der Waals surface area (Å²) in [6, 6.07) is 5.74. The number of anilines is 1. The maximum Gasteiger partial charge on any atom is 0.280 e. The Labute approximate surface area is 143 Å². The highest BCUT2D eigenvalue weighted by atomic mass is 19.2. The molecular weight excluding hydrogens is 359 g/mol. The lowest BCUT2D eigenvalue weighted by molar-refractivity contribution is -0.114. The number of amides is 1. The smallest absolute Gasteiger partial charge is 0.280 e. The van der Waals surface area contributed by atoms with Crippen molar-refractivity contribution in [1.82, 2.24) is 0 Å². The molecule has 1 amide bonds. The van der Waals surface area contributed by atoms with Crippen LogP contribution in [0.2, 0.25) is 0 Å². The minimum absolute atomic E-state index is 0.00211. The highest BCUT2D eigenvalue weighted by molar-refractivity contribution is 6.32. The van der Waals surface area contributed by atoms with E-state index in [1.165, 1.54) is 37.3 Å². The summed E-state index contributed by atoms with van der Waals surface area (Å²) in [5.41, 5.74) is -1.20. The SMILES string of the molecule is CC1=NN(c2c(F)c(F)c(F)c(F)c2F)C(=O)/C1=C/c1cccc(O)c1. The number of carbonyl (C=O) groups is 1. The van der Waals surface area contributed by atoms with Crippen molar-refractivity contribution in [2.45, 2.75) is 6.92 Å². The van der Waals surface area contributed by atoms with E-state index in [4.69, 9.17) is 0 Å². The van der Waals surface area contributed by atoms with Crippen molar-refractivity contribution in [2.24, 2.45) is 5.10 Å². The Morgan fingerprint density at radius 2 is 1.58 bits per heavy atom. The number of phenolic OH excluding ortho intramolecular Hbond substituents is 1. The molecule has 26 heavy (non-hydrogen) atoms. The fourth-order valence-corrected chi connectivity index (χ4v) is 2.40. The van der Waals surface area contributed by atoms with Gasteiger partial charge in [-0.2, -0.15) is 10.1 Å². The molecular formula is C17H9F5N2O2. The molecule has 0 saturated heterocycles. The number of hydrogen-bond donors (Lipinski definition) is 1. The zero-order chi connectivity index (χ0) is 19.2. The van der Waals surface area contributed by atoms with Crippen LogP contribution in [-0.2, 0) is 4.79 Å². The van der Waals surface area contributed by atoms with Crippen molar-refractivity contribution in [3.8, 4) is 5.75 Å². The standard InChI is InChI=1S/C17H9F5N2O2/c1-7-10(6-8-3-2-4-9(25)5-8)17(26)24(23-7)16-14(21)12(19)11(18)13(20)15(16)22/h2-6,25H,1H3/b10-6+. The predicted molar refractivity (Wildman–Crippen MR) is 82.9 cm³/mol. The van der Waals surface area contributed by atoms with Crippen molar-refractivity contribution in [3.05, 3.63) is 64.5 Å². The Hall–Kier alpha value is -3.23. The largest absolute Gasteiger partial charge is 0.508 e. The molecule has 0 fully saturated rings. The zero-order valence-corrected chi connectivity index (χ0v) is 13.0. The minimum Gasteiger partial charge on any atom is -0.508 e. The molecule has 0 unspecified atom stereocenters. The van der Waals surface area contributed by atoms with Crippen LogP contribution in [0.15, 0.2) is 34.9 Å². The summed E-state index contributed by atoms with van der Waals surface area (Å²) in [6.07, 6.45) is 1.27. The van der Waals surface area contributed by atoms with E-state index >= 15 is 0 Å². The number of carbonyl (C=O) groups excluding carboxylic acids is 1. The van der Waals surface area contributed by atoms with Crippen molar-refractivity contribution >= 4 is 23.4 Å². The molecule has 0 saturated carbocycles. The van der Waals surface area contributed by atoms with Crippen LogP contribution in [0.1, 0.15) is 12.5 Å². The monoisotopic (exact) mass is 368 g/mol. The first-order chi connectivity index (χ1) is 12.2. The zero-order valence-electron chi connectivity index (χ0n) is 13.0. The van der Waals surface area contributed by atoms with Gasteiger partial charge >= 0.3 is 0 Å². The lowest BCUT2D eigenvalue weighted by Gasteiger charge is -2.15. The van der Waals surface area contributed by atoms with E-state index in [9.17, 15) is 31.9 Å².